The minimum Gasteiger partial charge on any atom is -0.316 e. The first-order valence-electron chi connectivity index (χ1n) is 3.75. The van der Waals surface area contributed by atoms with E-state index in [1.807, 2.05) is 0 Å². The fourth-order valence-corrected chi connectivity index (χ4v) is 1.16. The molecule has 3 N–H and O–H groups in total. The van der Waals surface area contributed by atoms with Crippen molar-refractivity contribution in [1.82, 2.24) is 5.48 Å². The molecule has 1 aromatic rings. The summed E-state index contributed by atoms with van der Waals surface area (Å²) >= 11 is 11.4. The number of amides is 2. The summed E-state index contributed by atoms with van der Waals surface area (Å²) in [6.45, 7) is 0. The van der Waals surface area contributed by atoms with Crippen LogP contribution in [0.1, 0.15) is 0 Å². The molecule has 1 aromatic carbocycles. The molecule has 0 fully saturated rings. The van der Waals surface area contributed by atoms with Crippen molar-refractivity contribution >= 4 is 40.7 Å². The minimum absolute atomic E-state index is 0.192. The number of benzene rings is 1. The zero-order chi connectivity index (χ0) is 11.4. The van der Waals surface area contributed by atoms with Crippen molar-refractivity contribution in [2.75, 3.05) is 5.32 Å². The predicted molar refractivity (Wildman–Crippen MR) is 55.0 cm³/mol. The Morgan fingerprint density at radius 2 is 1.87 bits per heavy atom. The molecule has 0 heterocycles. The van der Waals surface area contributed by atoms with E-state index in [-0.39, 0.29) is 10.7 Å². The standard InChI is InChI=1S/C8H6Cl2N2O3/c9-4-1-2-5(10)6(3-4)11-7(13)8(14)12-15/h1-3,15H,(H,11,13)(H,12,14). The summed E-state index contributed by atoms with van der Waals surface area (Å²) in [5, 5.41) is 11.0. The van der Waals surface area contributed by atoms with Gasteiger partial charge in [-0.25, -0.2) is 5.48 Å². The molecule has 1 rings (SSSR count). The van der Waals surface area contributed by atoms with Crippen LogP contribution in [-0.4, -0.2) is 17.0 Å². The summed E-state index contributed by atoms with van der Waals surface area (Å²) in [4.78, 5) is 21.7. The molecule has 7 heteroatoms. The fraction of sp³-hybridized carbons (Fsp3) is 0. The summed E-state index contributed by atoms with van der Waals surface area (Å²) in [6, 6.07) is 4.38. The minimum atomic E-state index is -1.19. The molecular formula is C8H6Cl2N2O3. The third-order valence-electron chi connectivity index (χ3n) is 1.48. The topological polar surface area (TPSA) is 78.4 Å². The van der Waals surface area contributed by atoms with Crippen LogP contribution in [0.25, 0.3) is 0 Å². The van der Waals surface area contributed by atoms with E-state index >= 15 is 0 Å². The first-order chi connectivity index (χ1) is 7.04. The summed E-state index contributed by atoms with van der Waals surface area (Å²) in [5.41, 5.74) is 1.38. The van der Waals surface area contributed by atoms with E-state index in [4.69, 9.17) is 28.4 Å². The van der Waals surface area contributed by atoms with E-state index in [0.717, 1.165) is 0 Å². The summed E-state index contributed by atoms with van der Waals surface area (Å²) < 4.78 is 0. The number of anilines is 1. The smallest absolute Gasteiger partial charge is 0.316 e. The Hall–Kier alpha value is -1.30. The molecule has 0 aromatic heterocycles. The number of rotatable bonds is 1. The molecule has 80 valence electrons. The van der Waals surface area contributed by atoms with Crippen molar-refractivity contribution in [2.45, 2.75) is 0 Å². The molecule has 0 saturated heterocycles. The van der Waals surface area contributed by atoms with Crippen molar-refractivity contribution in [1.29, 1.82) is 0 Å². The molecule has 15 heavy (non-hydrogen) atoms. The van der Waals surface area contributed by atoms with Gasteiger partial charge in [-0.05, 0) is 18.2 Å². The second-order valence-electron chi connectivity index (χ2n) is 2.52. The third-order valence-corrected chi connectivity index (χ3v) is 2.05. The Bertz CT molecular complexity index is 409. The molecule has 0 spiro atoms. The van der Waals surface area contributed by atoms with Gasteiger partial charge in [0.25, 0.3) is 0 Å². The molecule has 2 amide bonds. The lowest BCUT2D eigenvalue weighted by Crippen LogP contribution is -2.33. The first-order valence-corrected chi connectivity index (χ1v) is 4.50. The molecule has 5 nitrogen and oxygen atoms in total. The van der Waals surface area contributed by atoms with Gasteiger partial charge in [0.05, 0.1) is 10.7 Å². The van der Waals surface area contributed by atoms with Gasteiger partial charge in [-0.15, -0.1) is 0 Å². The van der Waals surface area contributed by atoms with Crippen LogP contribution >= 0.6 is 23.2 Å². The molecule has 0 saturated carbocycles. The Labute approximate surface area is 94.9 Å². The molecule has 0 aliphatic carbocycles. The molecule has 0 bridgehead atoms. The van der Waals surface area contributed by atoms with Crippen LogP contribution < -0.4 is 10.8 Å². The van der Waals surface area contributed by atoms with Crippen molar-refractivity contribution < 1.29 is 14.8 Å². The van der Waals surface area contributed by atoms with E-state index in [1.54, 1.807) is 0 Å². The van der Waals surface area contributed by atoms with E-state index in [1.165, 1.54) is 23.7 Å². The van der Waals surface area contributed by atoms with Gasteiger partial charge in [-0.3, -0.25) is 14.8 Å². The predicted octanol–water partition coefficient (Wildman–Crippen LogP) is 1.44. The molecule has 0 atom stereocenters. The quantitative estimate of drug-likeness (QED) is 0.400. The second kappa shape index (κ2) is 4.97. The van der Waals surface area contributed by atoms with E-state index < -0.39 is 11.8 Å². The highest BCUT2D eigenvalue weighted by molar-refractivity contribution is 6.41. The molecule has 0 unspecified atom stereocenters. The fourth-order valence-electron chi connectivity index (χ4n) is 0.823. The Morgan fingerprint density at radius 3 is 2.47 bits per heavy atom. The molecular weight excluding hydrogens is 243 g/mol. The van der Waals surface area contributed by atoms with Crippen LogP contribution in [0.15, 0.2) is 18.2 Å². The van der Waals surface area contributed by atoms with Crippen molar-refractivity contribution in [2.24, 2.45) is 0 Å². The van der Waals surface area contributed by atoms with Crippen molar-refractivity contribution in [3.63, 3.8) is 0 Å². The van der Waals surface area contributed by atoms with E-state index in [0.29, 0.717) is 5.02 Å². The van der Waals surface area contributed by atoms with Gasteiger partial charge in [-0.2, -0.15) is 0 Å². The lowest BCUT2D eigenvalue weighted by atomic mass is 10.3. The van der Waals surface area contributed by atoms with Crippen LogP contribution in [0.5, 0.6) is 0 Å². The molecule has 0 aliphatic heterocycles. The van der Waals surface area contributed by atoms with Gasteiger partial charge in [0.15, 0.2) is 0 Å². The van der Waals surface area contributed by atoms with Gasteiger partial charge < -0.3 is 5.32 Å². The average molecular weight is 249 g/mol. The van der Waals surface area contributed by atoms with E-state index in [2.05, 4.69) is 5.32 Å². The van der Waals surface area contributed by atoms with Gasteiger partial charge in [-0.1, -0.05) is 23.2 Å². The third kappa shape index (κ3) is 3.09. The Morgan fingerprint density at radius 1 is 1.20 bits per heavy atom. The highest BCUT2D eigenvalue weighted by Gasteiger charge is 2.13. The molecule has 0 aliphatic rings. The number of carbonyl (C=O) groups excluding carboxylic acids is 2. The Kier molecular flexibility index (Phi) is 3.90. The SMILES string of the molecule is O=C(NO)C(=O)Nc1cc(Cl)ccc1Cl. The zero-order valence-electron chi connectivity index (χ0n) is 7.25. The lowest BCUT2D eigenvalue weighted by Gasteiger charge is -2.05. The van der Waals surface area contributed by atoms with Crippen LogP contribution in [0.3, 0.4) is 0 Å². The zero-order valence-corrected chi connectivity index (χ0v) is 8.76. The van der Waals surface area contributed by atoms with Gasteiger partial charge in [0.2, 0.25) is 0 Å². The maximum Gasteiger partial charge on any atom is 0.332 e. The Balaban J connectivity index is 2.85. The van der Waals surface area contributed by atoms with E-state index in [9.17, 15) is 9.59 Å². The van der Waals surface area contributed by atoms with Crippen LogP contribution in [0.2, 0.25) is 10.0 Å². The summed E-state index contributed by atoms with van der Waals surface area (Å²) in [7, 11) is 0. The van der Waals surface area contributed by atoms with Gasteiger partial charge >= 0.3 is 11.8 Å². The second-order valence-corrected chi connectivity index (χ2v) is 3.36. The summed E-state index contributed by atoms with van der Waals surface area (Å²) in [6.07, 6.45) is 0. The monoisotopic (exact) mass is 248 g/mol. The van der Waals surface area contributed by atoms with Crippen molar-refractivity contribution in [3.8, 4) is 0 Å². The average Bonchev–Trinajstić information content (AvgIpc) is 2.22. The van der Waals surface area contributed by atoms with Gasteiger partial charge in [0, 0.05) is 5.02 Å². The normalized spacial score (nSPS) is 9.53. The molecule has 0 radical (unpaired) electrons. The number of carbonyl (C=O) groups is 2. The first kappa shape index (κ1) is 11.8. The van der Waals surface area contributed by atoms with Crippen LogP contribution in [0, 0.1) is 0 Å². The number of hydroxylamine groups is 1. The maximum atomic E-state index is 11.0. The maximum absolute atomic E-state index is 11.0. The number of halogens is 2. The number of hydrogen-bond donors (Lipinski definition) is 3. The van der Waals surface area contributed by atoms with Gasteiger partial charge in [0.1, 0.15) is 0 Å². The highest BCUT2D eigenvalue weighted by Crippen LogP contribution is 2.25. The van der Waals surface area contributed by atoms with Crippen LogP contribution in [-0.2, 0) is 9.59 Å². The van der Waals surface area contributed by atoms with Crippen LogP contribution in [0.4, 0.5) is 5.69 Å². The summed E-state index contributed by atoms with van der Waals surface area (Å²) in [5.74, 6) is -2.23. The van der Waals surface area contributed by atoms with Crippen molar-refractivity contribution in [3.05, 3.63) is 28.2 Å². The largest absolute Gasteiger partial charge is 0.332 e. The number of hydrogen-bond acceptors (Lipinski definition) is 3. The lowest BCUT2D eigenvalue weighted by molar-refractivity contribution is -0.141. The number of nitrogens with one attached hydrogen (secondary N) is 2. The highest BCUT2D eigenvalue weighted by atomic mass is 35.5.